The van der Waals surface area contributed by atoms with E-state index in [2.05, 4.69) is 19.2 Å². The van der Waals surface area contributed by atoms with Crippen LogP contribution in [0.2, 0.25) is 0 Å². The number of anilines is 1. The molecule has 0 atom stereocenters. The summed E-state index contributed by atoms with van der Waals surface area (Å²) in [5.41, 5.74) is 1.67. The summed E-state index contributed by atoms with van der Waals surface area (Å²) in [5.74, 6) is 0.154. The molecular formula is C19H27N3O2. The van der Waals surface area contributed by atoms with Crippen LogP contribution in [0.5, 0.6) is 5.75 Å². The van der Waals surface area contributed by atoms with Crippen molar-refractivity contribution < 1.29 is 9.53 Å². The number of unbranched alkanes of at least 4 members (excludes halogenated alkanes) is 1. The number of nitrogens with one attached hydrogen (secondary N) is 1. The van der Waals surface area contributed by atoms with Gasteiger partial charge in [0.1, 0.15) is 17.4 Å². The van der Waals surface area contributed by atoms with Gasteiger partial charge in [-0.05, 0) is 37.5 Å². The summed E-state index contributed by atoms with van der Waals surface area (Å²) in [7, 11) is 1.55. The molecule has 0 aliphatic heterocycles. The Balaban J connectivity index is 2.95. The van der Waals surface area contributed by atoms with Crippen LogP contribution < -0.4 is 10.1 Å². The molecule has 0 unspecified atom stereocenters. The lowest BCUT2D eigenvalue weighted by Crippen LogP contribution is -2.23. The first-order valence-electron chi connectivity index (χ1n) is 8.37. The maximum atomic E-state index is 12.5. The molecule has 0 saturated heterocycles. The molecule has 0 spiro atoms. The molecule has 5 nitrogen and oxygen atoms in total. The molecule has 0 aliphatic rings. The highest BCUT2D eigenvalue weighted by Gasteiger charge is 2.14. The average molecular weight is 329 g/mol. The number of carbonyl (C=O) groups excluding carboxylic acids is 1. The number of nitrogens with zero attached hydrogens (tertiary/aromatic N) is 2. The van der Waals surface area contributed by atoms with Crippen LogP contribution in [0.3, 0.4) is 0 Å². The smallest absolute Gasteiger partial charge is 0.267 e. The van der Waals surface area contributed by atoms with E-state index in [1.54, 1.807) is 19.4 Å². The van der Waals surface area contributed by atoms with Gasteiger partial charge in [0, 0.05) is 19.3 Å². The summed E-state index contributed by atoms with van der Waals surface area (Å²) in [6.45, 7) is 7.80. The first-order chi connectivity index (χ1) is 11.5. The van der Waals surface area contributed by atoms with Crippen LogP contribution in [-0.2, 0) is 4.79 Å². The third-order valence-corrected chi connectivity index (χ3v) is 3.59. The van der Waals surface area contributed by atoms with E-state index in [4.69, 9.17) is 4.74 Å². The Morgan fingerprint density at radius 3 is 2.67 bits per heavy atom. The van der Waals surface area contributed by atoms with Crippen LogP contribution in [0.1, 0.15) is 38.7 Å². The lowest BCUT2D eigenvalue weighted by molar-refractivity contribution is -0.112. The molecular weight excluding hydrogens is 302 g/mol. The number of hydrogen-bond acceptors (Lipinski definition) is 4. The molecule has 1 rings (SSSR count). The zero-order valence-corrected chi connectivity index (χ0v) is 15.1. The molecule has 0 radical (unpaired) electrons. The molecule has 0 aliphatic carbocycles. The third-order valence-electron chi connectivity index (χ3n) is 3.59. The quantitative estimate of drug-likeness (QED) is 0.552. The summed E-state index contributed by atoms with van der Waals surface area (Å²) in [5, 5.41) is 12.1. The lowest BCUT2D eigenvalue weighted by Gasteiger charge is -2.20. The Morgan fingerprint density at radius 2 is 2.08 bits per heavy atom. The number of carbonyl (C=O) groups is 1. The average Bonchev–Trinajstić information content (AvgIpc) is 2.57. The number of hydrogen-bond donors (Lipinski definition) is 1. The van der Waals surface area contributed by atoms with Gasteiger partial charge in [0.15, 0.2) is 0 Å². The fourth-order valence-electron chi connectivity index (χ4n) is 2.32. The molecule has 1 amide bonds. The minimum absolute atomic E-state index is 0.100. The molecule has 1 aromatic rings. The van der Waals surface area contributed by atoms with E-state index in [1.165, 1.54) is 0 Å². The zero-order valence-electron chi connectivity index (χ0n) is 15.1. The summed E-state index contributed by atoms with van der Waals surface area (Å²) in [4.78, 5) is 14.5. The molecule has 1 N–H and O–H groups in total. The molecule has 1 aromatic carbocycles. The normalized spacial score (nSPS) is 10.9. The van der Waals surface area contributed by atoms with Crippen LogP contribution in [0.15, 0.2) is 30.0 Å². The van der Waals surface area contributed by atoms with Gasteiger partial charge in [-0.1, -0.05) is 26.3 Å². The lowest BCUT2D eigenvalue weighted by atomic mass is 10.2. The standard InChI is InChI=1S/C19H27N3O2/c1-5-7-11-22(10-6-2)14-16(13-20)19(23)21-17-12-15(3)8-9-18(17)24-4/h8-9,12,14H,5-7,10-11H2,1-4H3,(H,21,23)/b16-14-. The third kappa shape index (κ3) is 5.96. The second-order valence-corrected chi connectivity index (χ2v) is 5.70. The SMILES string of the molecule is CCCCN(/C=C(/C#N)C(=O)Nc1cc(C)ccc1OC)CCC. The van der Waals surface area contributed by atoms with Crippen LogP contribution in [0, 0.1) is 18.3 Å². The van der Waals surface area contributed by atoms with Gasteiger partial charge in [-0.2, -0.15) is 5.26 Å². The van der Waals surface area contributed by atoms with Crippen LogP contribution in [0.4, 0.5) is 5.69 Å². The van der Waals surface area contributed by atoms with Crippen molar-refractivity contribution in [3.05, 3.63) is 35.5 Å². The first kappa shape index (κ1) is 19.6. The maximum absolute atomic E-state index is 12.5. The van der Waals surface area contributed by atoms with Crippen LogP contribution in [-0.4, -0.2) is 31.0 Å². The molecule has 0 heterocycles. The van der Waals surface area contributed by atoms with E-state index in [0.717, 1.165) is 37.9 Å². The fourth-order valence-corrected chi connectivity index (χ4v) is 2.32. The minimum Gasteiger partial charge on any atom is -0.495 e. The van der Waals surface area contributed by atoms with Gasteiger partial charge in [-0.15, -0.1) is 0 Å². The number of methoxy groups -OCH3 is 1. The Kier molecular flexibility index (Phi) is 8.42. The van der Waals surface area contributed by atoms with Crippen molar-refractivity contribution in [1.82, 2.24) is 4.90 Å². The predicted molar refractivity (Wildman–Crippen MR) is 96.8 cm³/mol. The Hall–Kier alpha value is -2.48. The molecule has 0 saturated carbocycles. The second kappa shape index (κ2) is 10.3. The maximum Gasteiger partial charge on any atom is 0.267 e. The van der Waals surface area contributed by atoms with Crippen molar-refractivity contribution in [3.63, 3.8) is 0 Å². The summed E-state index contributed by atoms with van der Waals surface area (Å²) in [6.07, 6.45) is 4.73. The van der Waals surface area contributed by atoms with Crippen LogP contribution in [0.25, 0.3) is 0 Å². The minimum atomic E-state index is -0.418. The van der Waals surface area contributed by atoms with Gasteiger partial charge in [-0.25, -0.2) is 0 Å². The van der Waals surface area contributed by atoms with Gasteiger partial charge >= 0.3 is 0 Å². The zero-order chi connectivity index (χ0) is 17.9. The molecule has 5 heteroatoms. The van der Waals surface area contributed by atoms with E-state index in [-0.39, 0.29) is 5.57 Å². The van der Waals surface area contributed by atoms with Crippen molar-refractivity contribution in [1.29, 1.82) is 5.26 Å². The summed E-state index contributed by atoms with van der Waals surface area (Å²) >= 11 is 0. The van der Waals surface area contributed by atoms with Crippen LogP contribution >= 0.6 is 0 Å². The Bertz CT molecular complexity index is 618. The number of rotatable bonds is 9. The molecule has 0 fully saturated rings. The molecule has 0 bridgehead atoms. The fraction of sp³-hybridized carbons (Fsp3) is 0.474. The topological polar surface area (TPSA) is 65.4 Å². The molecule has 24 heavy (non-hydrogen) atoms. The van der Waals surface area contributed by atoms with E-state index < -0.39 is 5.91 Å². The highest BCUT2D eigenvalue weighted by molar-refractivity contribution is 6.07. The van der Waals surface area contributed by atoms with Crippen molar-refractivity contribution in [2.45, 2.75) is 40.0 Å². The first-order valence-corrected chi connectivity index (χ1v) is 8.37. The molecule has 130 valence electrons. The van der Waals surface area contributed by atoms with Crippen molar-refractivity contribution >= 4 is 11.6 Å². The van der Waals surface area contributed by atoms with E-state index >= 15 is 0 Å². The van der Waals surface area contributed by atoms with Gasteiger partial charge < -0.3 is 15.0 Å². The Labute approximate surface area is 144 Å². The van der Waals surface area contributed by atoms with Gasteiger partial charge in [0.2, 0.25) is 0 Å². The highest BCUT2D eigenvalue weighted by atomic mass is 16.5. The van der Waals surface area contributed by atoms with Gasteiger partial charge in [0.05, 0.1) is 12.8 Å². The highest BCUT2D eigenvalue weighted by Crippen LogP contribution is 2.25. The number of aryl methyl sites for hydroxylation is 1. The van der Waals surface area contributed by atoms with Crippen molar-refractivity contribution in [2.75, 3.05) is 25.5 Å². The second-order valence-electron chi connectivity index (χ2n) is 5.70. The van der Waals surface area contributed by atoms with Gasteiger partial charge in [-0.3, -0.25) is 4.79 Å². The molecule has 0 aromatic heterocycles. The van der Waals surface area contributed by atoms with Crippen molar-refractivity contribution in [3.8, 4) is 11.8 Å². The number of benzene rings is 1. The van der Waals surface area contributed by atoms with E-state index in [1.807, 2.05) is 30.0 Å². The Morgan fingerprint density at radius 1 is 1.33 bits per heavy atom. The summed E-state index contributed by atoms with van der Waals surface area (Å²) < 4.78 is 5.26. The monoisotopic (exact) mass is 329 g/mol. The van der Waals surface area contributed by atoms with Crippen molar-refractivity contribution in [2.24, 2.45) is 0 Å². The number of amides is 1. The van der Waals surface area contributed by atoms with E-state index in [0.29, 0.717) is 11.4 Å². The number of nitriles is 1. The van der Waals surface area contributed by atoms with E-state index in [9.17, 15) is 10.1 Å². The number of ether oxygens (including phenoxy) is 1. The largest absolute Gasteiger partial charge is 0.495 e. The van der Waals surface area contributed by atoms with Gasteiger partial charge in [0.25, 0.3) is 5.91 Å². The summed E-state index contributed by atoms with van der Waals surface area (Å²) in [6, 6.07) is 7.54. The predicted octanol–water partition coefficient (Wildman–Crippen LogP) is 3.86.